The smallest absolute Gasteiger partial charge is 0.254 e. The molecule has 1 aliphatic rings. The fraction of sp³-hybridized carbons (Fsp3) is 0.143. The van der Waals surface area contributed by atoms with E-state index in [1.807, 2.05) is 0 Å². The fourth-order valence-corrected chi connectivity index (χ4v) is 0.769. The molecule has 0 aliphatic carbocycles. The van der Waals surface area contributed by atoms with Crippen molar-refractivity contribution in [3.05, 3.63) is 24.5 Å². The summed E-state index contributed by atoms with van der Waals surface area (Å²) in [6.45, 7) is 3.05. The van der Waals surface area contributed by atoms with E-state index in [1.165, 1.54) is 0 Å². The van der Waals surface area contributed by atoms with E-state index >= 15 is 0 Å². The molecule has 0 bridgehead atoms. The van der Waals surface area contributed by atoms with E-state index in [0.717, 1.165) is 17.1 Å². The number of aliphatic hydroxyl groups excluding tert-OH is 1. The third-order valence-corrected chi connectivity index (χ3v) is 1.24. The predicted octanol–water partition coefficient (Wildman–Crippen LogP) is -0.0169. The summed E-state index contributed by atoms with van der Waals surface area (Å²) < 4.78 is 0. The highest BCUT2D eigenvalue weighted by Gasteiger charge is 2.23. The van der Waals surface area contributed by atoms with Crippen LogP contribution in [-0.4, -0.2) is 28.4 Å². The molecule has 1 aliphatic heterocycles. The highest BCUT2D eigenvalue weighted by molar-refractivity contribution is 6.12. The molecule has 4 nitrogen and oxygen atoms in total. The Hall–Kier alpha value is -1.58. The Morgan fingerprint density at radius 1 is 1.45 bits per heavy atom. The van der Waals surface area contributed by atoms with Crippen molar-refractivity contribution in [1.82, 2.24) is 4.90 Å². The molecular weight excluding hydrogens is 146 g/mol. The molecule has 0 aromatic carbocycles. The Kier molecular flexibility index (Phi) is 1.76. The lowest BCUT2D eigenvalue weighted by molar-refractivity contribution is -0.136. The molecule has 0 aromatic heterocycles. The van der Waals surface area contributed by atoms with Crippen molar-refractivity contribution in [2.75, 3.05) is 6.54 Å². The number of amides is 2. The molecule has 0 atom stereocenters. The van der Waals surface area contributed by atoms with Crippen LogP contribution in [0.3, 0.4) is 0 Å². The van der Waals surface area contributed by atoms with Gasteiger partial charge in [0.1, 0.15) is 5.76 Å². The fourth-order valence-electron chi connectivity index (χ4n) is 0.769. The van der Waals surface area contributed by atoms with Gasteiger partial charge in [0.05, 0.1) is 6.54 Å². The Morgan fingerprint density at radius 2 is 1.91 bits per heavy atom. The molecule has 0 radical (unpaired) electrons. The predicted molar refractivity (Wildman–Crippen MR) is 37.6 cm³/mol. The number of hydrogen-bond acceptors (Lipinski definition) is 3. The summed E-state index contributed by atoms with van der Waals surface area (Å²) in [4.78, 5) is 22.5. The van der Waals surface area contributed by atoms with Gasteiger partial charge in [-0.3, -0.25) is 14.5 Å². The quantitative estimate of drug-likeness (QED) is 0.448. The molecule has 1 rings (SSSR count). The number of imide groups is 1. The summed E-state index contributed by atoms with van der Waals surface area (Å²) >= 11 is 0. The molecule has 4 heteroatoms. The van der Waals surface area contributed by atoms with Crippen LogP contribution in [0.1, 0.15) is 0 Å². The summed E-state index contributed by atoms with van der Waals surface area (Å²) in [6, 6.07) is 0. The zero-order valence-corrected chi connectivity index (χ0v) is 5.78. The van der Waals surface area contributed by atoms with Crippen molar-refractivity contribution < 1.29 is 14.7 Å². The summed E-state index contributed by atoms with van der Waals surface area (Å²) in [5.74, 6) is -1.02. The van der Waals surface area contributed by atoms with Crippen LogP contribution >= 0.6 is 0 Å². The van der Waals surface area contributed by atoms with Crippen LogP contribution in [-0.2, 0) is 9.59 Å². The van der Waals surface area contributed by atoms with Crippen molar-refractivity contribution in [3.8, 4) is 0 Å². The Bertz CT molecular complexity index is 236. The first-order valence-electron chi connectivity index (χ1n) is 3.01. The van der Waals surface area contributed by atoms with Crippen molar-refractivity contribution in [1.29, 1.82) is 0 Å². The zero-order chi connectivity index (χ0) is 8.43. The molecule has 1 heterocycles. The van der Waals surface area contributed by atoms with Gasteiger partial charge in [-0.15, -0.1) is 0 Å². The van der Waals surface area contributed by atoms with E-state index in [9.17, 15) is 9.59 Å². The van der Waals surface area contributed by atoms with Gasteiger partial charge in [0.25, 0.3) is 11.8 Å². The standard InChI is InChI=1S/C7H7NO3/c1-5(9)4-8-6(10)2-3-7(8)11/h2-3,9H,1,4H2. The van der Waals surface area contributed by atoms with Crippen LogP contribution in [0.2, 0.25) is 0 Å². The van der Waals surface area contributed by atoms with Crippen LogP contribution in [0.5, 0.6) is 0 Å². The van der Waals surface area contributed by atoms with Crippen LogP contribution in [0.25, 0.3) is 0 Å². The van der Waals surface area contributed by atoms with Crippen LogP contribution in [0, 0.1) is 0 Å². The lowest BCUT2D eigenvalue weighted by Gasteiger charge is -2.11. The van der Waals surface area contributed by atoms with E-state index in [2.05, 4.69) is 6.58 Å². The van der Waals surface area contributed by atoms with Crippen molar-refractivity contribution >= 4 is 11.8 Å². The maximum atomic E-state index is 10.8. The second-order valence-electron chi connectivity index (χ2n) is 2.16. The third-order valence-electron chi connectivity index (χ3n) is 1.24. The number of hydrogen-bond donors (Lipinski definition) is 1. The normalized spacial score (nSPS) is 16.2. The molecular formula is C7H7NO3. The average molecular weight is 153 g/mol. The monoisotopic (exact) mass is 153 g/mol. The first-order chi connectivity index (χ1) is 5.11. The number of carbonyl (C=O) groups excluding carboxylic acids is 2. The molecule has 0 aromatic rings. The van der Waals surface area contributed by atoms with Gasteiger partial charge in [0.2, 0.25) is 0 Å². The first kappa shape index (κ1) is 7.53. The largest absolute Gasteiger partial charge is 0.511 e. The average Bonchev–Trinajstić information content (AvgIpc) is 2.18. The minimum Gasteiger partial charge on any atom is -0.511 e. The lowest BCUT2D eigenvalue weighted by Crippen LogP contribution is -2.31. The van der Waals surface area contributed by atoms with Gasteiger partial charge >= 0.3 is 0 Å². The minimum atomic E-state index is -0.412. The van der Waals surface area contributed by atoms with Crippen LogP contribution < -0.4 is 0 Å². The molecule has 0 spiro atoms. The third kappa shape index (κ3) is 1.46. The lowest BCUT2D eigenvalue weighted by atomic mass is 10.5. The van der Waals surface area contributed by atoms with E-state index < -0.39 is 11.8 Å². The van der Waals surface area contributed by atoms with E-state index in [0.29, 0.717) is 0 Å². The molecule has 0 saturated heterocycles. The number of aliphatic hydroxyl groups is 1. The summed E-state index contributed by atoms with van der Waals surface area (Å²) in [5, 5.41) is 8.68. The summed E-state index contributed by atoms with van der Waals surface area (Å²) in [7, 11) is 0. The van der Waals surface area contributed by atoms with Gasteiger partial charge in [-0.05, 0) is 0 Å². The highest BCUT2D eigenvalue weighted by Crippen LogP contribution is 2.04. The van der Waals surface area contributed by atoms with Crippen LogP contribution in [0.15, 0.2) is 24.5 Å². The van der Waals surface area contributed by atoms with Crippen molar-refractivity contribution in [3.63, 3.8) is 0 Å². The summed E-state index contributed by atoms with van der Waals surface area (Å²) in [5.41, 5.74) is 0. The molecule has 11 heavy (non-hydrogen) atoms. The van der Waals surface area contributed by atoms with Gasteiger partial charge in [-0.1, -0.05) is 6.58 Å². The molecule has 0 fully saturated rings. The SMILES string of the molecule is C=C(O)CN1C(=O)C=CC1=O. The van der Waals surface area contributed by atoms with Gasteiger partial charge in [-0.25, -0.2) is 0 Å². The number of carbonyl (C=O) groups is 2. The first-order valence-corrected chi connectivity index (χ1v) is 3.01. The van der Waals surface area contributed by atoms with Crippen molar-refractivity contribution in [2.45, 2.75) is 0 Å². The highest BCUT2D eigenvalue weighted by atomic mass is 16.3. The minimum absolute atomic E-state index is 0.120. The van der Waals surface area contributed by atoms with Gasteiger partial charge in [-0.2, -0.15) is 0 Å². The van der Waals surface area contributed by atoms with Gasteiger partial charge in [0, 0.05) is 12.2 Å². The molecule has 1 N–H and O–H groups in total. The zero-order valence-electron chi connectivity index (χ0n) is 5.78. The second kappa shape index (κ2) is 2.57. The van der Waals surface area contributed by atoms with E-state index in [4.69, 9.17) is 5.11 Å². The van der Waals surface area contributed by atoms with Gasteiger partial charge < -0.3 is 5.11 Å². The maximum absolute atomic E-state index is 10.8. The Balaban J connectivity index is 2.66. The molecule has 0 saturated carbocycles. The van der Waals surface area contributed by atoms with E-state index in [-0.39, 0.29) is 12.3 Å². The van der Waals surface area contributed by atoms with E-state index in [1.54, 1.807) is 0 Å². The van der Waals surface area contributed by atoms with Crippen LogP contribution in [0.4, 0.5) is 0 Å². The Labute approximate surface area is 63.4 Å². The van der Waals surface area contributed by atoms with Crippen molar-refractivity contribution in [2.24, 2.45) is 0 Å². The molecule has 2 amide bonds. The number of nitrogens with zero attached hydrogens (tertiary/aromatic N) is 1. The summed E-state index contributed by atoms with van der Waals surface area (Å²) in [6.07, 6.45) is 2.32. The van der Waals surface area contributed by atoms with Gasteiger partial charge in [0.15, 0.2) is 0 Å². The number of rotatable bonds is 2. The maximum Gasteiger partial charge on any atom is 0.254 e. The molecule has 0 unspecified atom stereocenters. The topological polar surface area (TPSA) is 57.6 Å². The Morgan fingerprint density at radius 3 is 2.27 bits per heavy atom. The second-order valence-corrected chi connectivity index (χ2v) is 2.16. The molecule has 58 valence electrons.